The summed E-state index contributed by atoms with van der Waals surface area (Å²) < 4.78 is -1.02. The van der Waals surface area contributed by atoms with Crippen molar-refractivity contribution >= 4 is 39.0 Å². The van der Waals surface area contributed by atoms with Gasteiger partial charge in [-0.15, -0.1) is 29.3 Å². The quantitative estimate of drug-likeness (QED) is 0.492. The van der Waals surface area contributed by atoms with Crippen LogP contribution >= 0.6 is 27.2 Å². The fraction of sp³-hybridized carbons (Fsp3) is 0.600. The van der Waals surface area contributed by atoms with Crippen molar-refractivity contribution in [2.75, 3.05) is 17.7 Å². The molecule has 0 aromatic carbocycles. The molecule has 4 heteroatoms. The summed E-state index contributed by atoms with van der Waals surface area (Å²) in [6.07, 6.45) is 3.03. The lowest BCUT2D eigenvalue weighted by molar-refractivity contribution is 1.59. The molecule has 52 valence electrons. The molecule has 1 aliphatic rings. The van der Waals surface area contributed by atoms with Gasteiger partial charge in [-0.25, -0.2) is 0 Å². The molecular weight excluding hydrogens is 187 g/mol. The van der Waals surface area contributed by atoms with Gasteiger partial charge in [0.15, 0.2) is 0 Å². The minimum atomic E-state index is -1.02. The molecular formula is C5H9PS3. The van der Waals surface area contributed by atoms with Crippen molar-refractivity contribution in [2.45, 2.75) is 0 Å². The van der Waals surface area contributed by atoms with Gasteiger partial charge in [-0.2, -0.15) is 0 Å². The van der Waals surface area contributed by atoms with E-state index in [1.54, 1.807) is 0 Å². The van der Waals surface area contributed by atoms with Gasteiger partial charge in [0.2, 0.25) is 0 Å². The highest BCUT2D eigenvalue weighted by molar-refractivity contribution is 9.01. The molecule has 1 rings (SSSR count). The van der Waals surface area contributed by atoms with Gasteiger partial charge in [0.05, 0.1) is 4.44 Å². The first kappa shape index (κ1) is 8.19. The average Bonchev–Trinajstić information content (AvgIpc) is 2.16. The zero-order valence-electron chi connectivity index (χ0n) is 5.08. The standard InChI is InChI=1S/C5H9PS3/c1-2-3-6(7)8-4-5-9-6/h2H,1,3-5H2. The average molecular weight is 196 g/mol. The lowest BCUT2D eigenvalue weighted by Gasteiger charge is -2.07. The first-order valence-corrected chi connectivity index (χ1v) is 8.93. The summed E-state index contributed by atoms with van der Waals surface area (Å²) in [5.74, 6) is 2.52. The SMILES string of the molecule is C=CCP1(=S)SCCS1. The van der Waals surface area contributed by atoms with Crippen molar-refractivity contribution in [1.29, 1.82) is 0 Å². The van der Waals surface area contributed by atoms with E-state index in [0.29, 0.717) is 0 Å². The number of hydrogen-bond acceptors (Lipinski definition) is 3. The van der Waals surface area contributed by atoms with Crippen LogP contribution in [-0.4, -0.2) is 17.7 Å². The summed E-state index contributed by atoms with van der Waals surface area (Å²) in [7, 11) is 0. The van der Waals surface area contributed by atoms with Gasteiger partial charge in [0, 0.05) is 17.7 Å². The second-order valence-electron chi connectivity index (χ2n) is 1.75. The Balaban J connectivity index is 2.51. The van der Waals surface area contributed by atoms with Crippen LogP contribution in [0, 0.1) is 0 Å². The first-order valence-electron chi connectivity index (χ1n) is 2.76. The maximum atomic E-state index is 5.43. The number of allylic oxidation sites excluding steroid dienone is 1. The molecule has 0 N–H and O–H groups in total. The lowest BCUT2D eigenvalue weighted by Crippen LogP contribution is -1.68. The third-order valence-corrected chi connectivity index (χ3v) is 12.1. The van der Waals surface area contributed by atoms with Crippen molar-refractivity contribution in [2.24, 2.45) is 0 Å². The smallest absolute Gasteiger partial charge is 0.0608 e. The predicted octanol–water partition coefficient (Wildman–Crippen LogP) is 2.96. The van der Waals surface area contributed by atoms with Crippen LogP contribution < -0.4 is 0 Å². The largest absolute Gasteiger partial charge is 0.113 e. The third-order valence-electron chi connectivity index (χ3n) is 1.01. The van der Waals surface area contributed by atoms with E-state index in [1.807, 2.05) is 28.8 Å². The molecule has 1 fully saturated rings. The molecule has 0 bridgehead atoms. The van der Waals surface area contributed by atoms with E-state index in [0.717, 1.165) is 6.16 Å². The molecule has 1 aliphatic heterocycles. The van der Waals surface area contributed by atoms with E-state index in [4.69, 9.17) is 11.8 Å². The highest BCUT2D eigenvalue weighted by atomic mass is 33.2. The minimum absolute atomic E-state index is 1.02. The summed E-state index contributed by atoms with van der Waals surface area (Å²) >= 11 is 9.41. The normalized spacial score (nSPS) is 24.0. The van der Waals surface area contributed by atoms with Gasteiger partial charge >= 0.3 is 0 Å². The molecule has 0 radical (unpaired) electrons. The Labute approximate surface area is 69.4 Å². The van der Waals surface area contributed by atoms with Gasteiger partial charge in [-0.3, -0.25) is 0 Å². The predicted molar refractivity (Wildman–Crippen MR) is 54.3 cm³/mol. The van der Waals surface area contributed by atoms with E-state index in [9.17, 15) is 0 Å². The molecule has 0 aromatic rings. The van der Waals surface area contributed by atoms with Crippen LogP contribution in [0.3, 0.4) is 0 Å². The number of rotatable bonds is 2. The molecule has 0 atom stereocenters. The van der Waals surface area contributed by atoms with Crippen LogP contribution in [0.25, 0.3) is 0 Å². The van der Waals surface area contributed by atoms with E-state index in [-0.39, 0.29) is 0 Å². The summed E-state index contributed by atoms with van der Waals surface area (Å²) in [5, 5.41) is 0. The molecule has 0 unspecified atom stereocenters. The molecule has 0 nitrogen and oxygen atoms in total. The Morgan fingerprint density at radius 3 is 2.56 bits per heavy atom. The van der Waals surface area contributed by atoms with Crippen LogP contribution in [0.15, 0.2) is 12.7 Å². The molecule has 1 saturated heterocycles. The monoisotopic (exact) mass is 196 g/mol. The zero-order chi connectivity index (χ0) is 6.74. The van der Waals surface area contributed by atoms with Crippen LogP contribution in [0.1, 0.15) is 0 Å². The van der Waals surface area contributed by atoms with Crippen LogP contribution in [-0.2, 0) is 11.8 Å². The fourth-order valence-electron chi connectivity index (χ4n) is 0.653. The zero-order valence-corrected chi connectivity index (χ0v) is 8.42. The van der Waals surface area contributed by atoms with Crippen LogP contribution in [0.5, 0.6) is 0 Å². The van der Waals surface area contributed by atoms with Gasteiger partial charge in [0.1, 0.15) is 0 Å². The van der Waals surface area contributed by atoms with Crippen molar-refractivity contribution in [3.05, 3.63) is 12.7 Å². The van der Waals surface area contributed by atoms with Crippen molar-refractivity contribution in [3.63, 3.8) is 0 Å². The maximum absolute atomic E-state index is 5.43. The summed E-state index contributed by atoms with van der Waals surface area (Å²) in [6.45, 7) is 3.70. The van der Waals surface area contributed by atoms with Gasteiger partial charge in [-0.05, 0) is 0 Å². The van der Waals surface area contributed by atoms with Gasteiger partial charge in [0.25, 0.3) is 0 Å². The van der Waals surface area contributed by atoms with Crippen LogP contribution in [0.4, 0.5) is 0 Å². The third kappa shape index (κ3) is 2.30. The summed E-state index contributed by atoms with van der Waals surface area (Å²) in [5.41, 5.74) is 0. The van der Waals surface area contributed by atoms with Crippen molar-refractivity contribution in [1.82, 2.24) is 0 Å². The Morgan fingerprint density at radius 2 is 2.11 bits per heavy atom. The van der Waals surface area contributed by atoms with Crippen molar-refractivity contribution < 1.29 is 0 Å². The van der Waals surface area contributed by atoms with E-state index < -0.39 is 4.44 Å². The van der Waals surface area contributed by atoms with Gasteiger partial charge < -0.3 is 0 Å². The minimum Gasteiger partial charge on any atom is -0.113 e. The second-order valence-corrected chi connectivity index (χ2v) is 13.9. The second kappa shape index (κ2) is 3.47. The van der Waals surface area contributed by atoms with Gasteiger partial charge in [-0.1, -0.05) is 17.9 Å². The molecule has 0 saturated carbocycles. The van der Waals surface area contributed by atoms with Crippen molar-refractivity contribution in [3.8, 4) is 0 Å². The van der Waals surface area contributed by atoms with Crippen LogP contribution in [0.2, 0.25) is 0 Å². The van der Waals surface area contributed by atoms with E-state index in [2.05, 4.69) is 6.58 Å². The summed E-state index contributed by atoms with van der Waals surface area (Å²) in [6, 6.07) is 0. The summed E-state index contributed by atoms with van der Waals surface area (Å²) in [4.78, 5) is 0. The highest BCUT2D eigenvalue weighted by Crippen LogP contribution is 2.73. The highest BCUT2D eigenvalue weighted by Gasteiger charge is 2.21. The Bertz CT molecular complexity index is 144. The molecule has 1 heterocycles. The molecule has 0 aromatic heterocycles. The number of hydrogen-bond donors (Lipinski definition) is 0. The Kier molecular flexibility index (Phi) is 3.16. The first-order chi connectivity index (χ1) is 4.27. The topological polar surface area (TPSA) is 0 Å². The lowest BCUT2D eigenvalue weighted by atomic mass is 10.8. The molecule has 0 amide bonds. The van der Waals surface area contributed by atoms with E-state index in [1.165, 1.54) is 11.5 Å². The van der Waals surface area contributed by atoms with E-state index >= 15 is 0 Å². The Morgan fingerprint density at radius 1 is 1.56 bits per heavy atom. The maximum Gasteiger partial charge on any atom is 0.0608 e. The molecule has 9 heavy (non-hydrogen) atoms. The Hall–Kier alpha value is 1.09. The molecule has 0 aliphatic carbocycles. The fourth-order valence-corrected chi connectivity index (χ4v) is 10.6. The molecule has 0 spiro atoms.